The van der Waals surface area contributed by atoms with Crippen LogP contribution in [0.4, 0.5) is 5.69 Å². The van der Waals surface area contributed by atoms with Gasteiger partial charge in [0.15, 0.2) is 0 Å². The van der Waals surface area contributed by atoms with Gasteiger partial charge < -0.3 is 10.1 Å². The molecule has 0 radical (unpaired) electrons. The number of benzene rings is 1. The normalized spacial score (nSPS) is 21.4. The summed E-state index contributed by atoms with van der Waals surface area (Å²) in [6.45, 7) is 6.93. The van der Waals surface area contributed by atoms with Gasteiger partial charge in [0.05, 0.1) is 12.2 Å². The molecule has 1 aromatic carbocycles. The first kappa shape index (κ1) is 16.6. The molecule has 1 saturated heterocycles. The maximum absolute atomic E-state index is 12.2. The minimum atomic E-state index is -0.122. The van der Waals surface area contributed by atoms with Crippen LogP contribution in [0.1, 0.15) is 29.8 Å². The molecule has 2 heterocycles. The van der Waals surface area contributed by atoms with Gasteiger partial charge in [-0.15, -0.1) is 0 Å². The van der Waals surface area contributed by atoms with Crippen LogP contribution in [0.15, 0.2) is 48.8 Å². The van der Waals surface area contributed by atoms with E-state index < -0.39 is 0 Å². The van der Waals surface area contributed by atoms with Crippen LogP contribution in [0.3, 0.4) is 0 Å². The van der Waals surface area contributed by atoms with Crippen molar-refractivity contribution in [2.45, 2.75) is 32.6 Å². The van der Waals surface area contributed by atoms with E-state index in [-0.39, 0.29) is 18.1 Å². The number of hydrogen-bond donors (Lipinski definition) is 1. The van der Waals surface area contributed by atoms with Crippen molar-refractivity contribution in [2.24, 2.45) is 0 Å². The lowest BCUT2D eigenvalue weighted by Gasteiger charge is -2.35. The number of carbonyl (C=O) groups excluding carboxylic acids is 1. The van der Waals surface area contributed by atoms with Gasteiger partial charge in [-0.05, 0) is 43.7 Å². The third kappa shape index (κ3) is 4.40. The maximum atomic E-state index is 12.2. The van der Waals surface area contributed by atoms with Crippen molar-refractivity contribution in [3.05, 3.63) is 59.9 Å². The number of amides is 1. The Bertz CT molecular complexity index is 680. The highest BCUT2D eigenvalue weighted by molar-refractivity contribution is 6.04. The Kier molecular flexibility index (Phi) is 5.23. The van der Waals surface area contributed by atoms with Crippen LogP contribution in [0.5, 0.6) is 0 Å². The first-order chi connectivity index (χ1) is 11.6. The fraction of sp³-hybridized carbons (Fsp3) is 0.368. The molecule has 0 aliphatic carbocycles. The molecule has 0 saturated carbocycles. The Hall–Kier alpha value is -2.24. The zero-order valence-electron chi connectivity index (χ0n) is 14.1. The average Bonchev–Trinajstić information content (AvgIpc) is 2.55. The van der Waals surface area contributed by atoms with E-state index in [4.69, 9.17) is 4.74 Å². The largest absolute Gasteiger partial charge is 0.373 e. The third-order valence-electron chi connectivity index (χ3n) is 4.03. The molecule has 3 rings (SSSR count). The second-order valence-electron chi connectivity index (χ2n) is 6.34. The number of aromatic nitrogens is 1. The van der Waals surface area contributed by atoms with Gasteiger partial charge in [-0.3, -0.25) is 14.7 Å². The van der Waals surface area contributed by atoms with Gasteiger partial charge >= 0.3 is 0 Å². The van der Waals surface area contributed by atoms with Gasteiger partial charge in [0, 0.05) is 43.3 Å². The first-order valence-electron chi connectivity index (χ1n) is 8.28. The van der Waals surface area contributed by atoms with E-state index in [2.05, 4.69) is 35.1 Å². The Morgan fingerprint density at radius 2 is 1.92 bits per heavy atom. The van der Waals surface area contributed by atoms with Gasteiger partial charge in [-0.1, -0.05) is 12.1 Å². The summed E-state index contributed by atoms with van der Waals surface area (Å²) in [5.74, 6) is -0.122. The van der Waals surface area contributed by atoms with E-state index in [1.54, 1.807) is 24.5 Å². The molecule has 126 valence electrons. The van der Waals surface area contributed by atoms with Gasteiger partial charge in [-0.2, -0.15) is 0 Å². The summed E-state index contributed by atoms with van der Waals surface area (Å²) in [4.78, 5) is 18.6. The van der Waals surface area contributed by atoms with Gasteiger partial charge in [0.2, 0.25) is 0 Å². The number of nitrogens with one attached hydrogen (secondary N) is 1. The minimum Gasteiger partial charge on any atom is -0.373 e. The van der Waals surface area contributed by atoms with Crippen LogP contribution in [0.2, 0.25) is 0 Å². The number of carbonyl (C=O) groups is 1. The van der Waals surface area contributed by atoms with Crippen molar-refractivity contribution >= 4 is 11.6 Å². The number of ether oxygens (including phenoxy) is 1. The van der Waals surface area contributed by atoms with Crippen molar-refractivity contribution in [1.29, 1.82) is 0 Å². The summed E-state index contributed by atoms with van der Waals surface area (Å²) in [7, 11) is 0. The van der Waals surface area contributed by atoms with E-state index in [0.717, 1.165) is 25.3 Å². The maximum Gasteiger partial charge on any atom is 0.255 e. The van der Waals surface area contributed by atoms with Crippen molar-refractivity contribution < 1.29 is 9.53 Å². The zero-order chi connectivity index (χ0) is 16.9. The molecule has 0 bridgehead atoms. The lowest BCUT2D eigenvalue weighted by Crippen LogP contribution is -2.44. The molecule has 5 nitrogen and oxygen atoms in total. The van der Waals surface area contributed by atoms with Gasteiger partial charge in [0.25, 0.3) is 5.91 Å². The second kappa shape index (κ2) is 7.55. The van der Waals surface area contributed by atoms with Crippen molar-refractivity contribution in [3.63, 3.8) is 0 Å². The Balaban J connectivity index is 1.65. The van der Waals surface area contributed by atoms with Gasteiger partial charge in [-0.25, -0.2) is 0 Å². The summed E-state index contributed by atoms with van der Waals surface area (Å²) in [5.41, 5.74) is 2.60. The highest BCUT2D eigenvalue weighted by Gasteiger charge is 2.22. The number of nitrogens with zero attached hydrogens (tertiary/aromatic N) is 2. The fourth-order valence-corrected chi connectivity index (χ4v) is 3.13. The predicted molar refractivity (Wildman–Crippen MR) is 93.9 cm³/mol. The van der Waals surface area contributed by atoms with E-state index in [1.807, 2.05) is 18.2 Å². The summed E-state index contributed by atoms with van der Waals surface area (Å²) in [6.07, 6.45) is 3.74. The van der Waals surface area contributed by atoms with Crippen LogP contribution < -0.4 is 5.32 Å². The number of anilines is 1. The molecule has 1 aromatic heterocycles. The molecule has 1 fully saturated rings. The minimum absolute atomic E-state index is 0.122. The van der Waals surface area contributed by atoms with E-state index >= 15 is 0 Å². The molecule has 0 spiro atoms. The highest BCUT2D eigenvalue weighted by atomic mass is 16.5. The number of rotatable bonds is 4. The van der Waals surface area contributed by atoms with E-state index in [9.17, 15) is 4.79 Å². The molecule has 0 unspecified atom stereocenters. The van der Waals surface area contributed by atoms with E-state index in [0.29, 0.717) is 5.56 Å². The highest BCUT2D eigenvalue weighted by Crippen LogP contribution is 2.17. The number of morpholine rings is 1. The summed E-state index contributed by atoms with van der Waals surface area (Å²) in [5, 5.41) is 2.94. The molecular formula is C19H23N3O2. The zero-order valence-corrected chi connectivity index (χ0v) is 14.1. The Morgan fingerprint density at radius 1 is 1.21 bits per heavy atom. The smallest absolute Gasteiger partial charge is 0.255 e. The molecule has 1 N–H and O–H groups in total. The van der Waals surface area contributed by atoms with Crippen LogP contribution in [-0.4, -0.2) is 41.1 Å². The first-order valence-corrected chi connectivity index (χ1v) is 8.28. The SMILES string of the molecule is C[C@@H]1CN(Cc2cccc(NC(=O)c3ccncc3)c2)C[C@H](C)O1. The molecule has 5 heteroatoms. The molecule has 1 aliphatic rings. The molecule has 2 atom stereocenters. The number of hydrogen-bond acceptors (Lipinski definition) is 4. The van der Waals surface area contributed by atoms with E-state index in [1.165, 1.54) is 5.56 Å². The second-order valence-corrected chi connectivity index (χ2v) is 6.34. The average molecular weight is 325 g/mol. The predicted octanol–water partition coefficient (Wildman–Crippen LogP) is 2.94. The Morgan fingerprint density at radius 3 is 2.62 bits per heavy atom. The van der Waals surface area contributed by atoms with Crippen LogP contribution in [0, 0.1) is 0 Å². The van der Waals surface area contributed by atoms with Crippen LogP contribution in [0.25, 0.3) is 0 Å². The van der Waals surface area contributed by atoms with Crippen molar-refractivity contribution in [2.75, 3.05) is 18.4 Å². The Labute approximate surface area is 142 Å². The molecule has 1 aliphatic heterocycles. The van der Waals surface area contributed by atoms with Crippen molar-refractivity contribution in [3.8, 4) is 0 Å². The summed E-state index contributed by atoms with van der Waals surface area (Å²) in [6, 6.07) is 11.4. The fourth-order valence-electron chi connectivity index (χ4n) is 3.13. The summed E-state index contributed by atoms with van der Waals surface area (Å²) < 4.78 is 5.78. The number of pyridine rings is 1. The standard InChI is InChI=1S/C19H23N3O2/c1-14-11-22(12-15(2)24-14)13-16-4-3-5-18(10-16)21-19(23)17-6-8-20-9-7-17/h3-10,14-15H,11-13H2,1-2H3,(H,21,23)/t14-,15+. The quantitative estimate of drug-likeness (QED) is 0.939. The molecule has 2 aromatic rings. The lowest BCUT2D eigenvalue weighted by molar-refractivity contribution is -0.0704. The lowest BCUT2D eigenvalue weighted by atomic mass is 10.1. The molecule has 24 heavy (non-hydrogen) atoms. The van der Waals surface area contributed by atoms with Gasteiger partial charge in [0.1, 0.15) is 0 Å². The molecule has 1 amide bonds. The van der Waals surface area contributed by atoms with Crippen molar-refractivity contribution in [1.82, 2.24) is 9.88 Å². The monoisotopic (exact) mass is 325 g/mol. The molecular weight excluding hydrogens is 302 g/mol. The summed E-state index contributed by atoms with van der Waals surface area (Å²) >= 11 is 0. The topological polar surface area (TPSA) is 54.5 Å². The third-order valence-corrected chi connectivity index (χ3v) is 4.03. The van der Waals surface area contributed by atoms with Crippen LogP contribution >= 0.6 is 0 Å². The van der Waals surface area contributed by atoms with Crippen LogP contribution in [-0.2, 0) is 11.3 Å².